The van der Waals surface area contributed by atoms with E-state index in [9.17, 15) is 4.79 Å². The van der Waals surface area contributed by atoms with Crippen molar-refractivity contribution in [1.82, 2.24) is 5.32 Å². The van der Waals surface area contributed by atoms with Gasteiger partial charge in [-0.15, -0.1) is 0 Å². The van der Waals surface area contributed by atoms with Crippen LogP contribution in [-0.4, -0.2) is 25.7 Å². The fourth-order valence-electron chi connectivity index (χ4n) is 2.10. The summed E-state index contributed by atoms with van der Waals surface area (Å²) in [6.45, 7) is 4.22. The lowest BCUT2D eigenvalue weighted by Gasteiger charge is -2.15. The molecule has 0 aliphatic heterocycles. The van der Waals surface area contributed by atoms with Gasteiger partial charge in [0.1, 0.15) is 5.75 Å². The number of hydrogen-bond donors (Lipinski definition) is 1. The quantitative estimate of drug-likeness (QED) is 0.774. The number of hydrogen-bond acceptors (Lipinski definition) is 4. The first-order valence-electron chi connectivity index (χ1n) is 7.96. The van der Waals surface area contributed by atoms with Crippen LogP contribution in [0.4, 0.5) is 0 Å². The summed E-state index contributed by atoms with van der Waals surface area (Å²) in [5, 5.41) is 3.43. The predicted octanol–water partition coefficient (Wildman–Crippen LogP) is 3.83. The second-order valence-electron chi connectivity index (χ2n) is 5.67. The van der Waals surface area contributed by atoms with Gasteiger partial charge in [-0.25, -0.2) is 0 Å². The van der Waals surface area contributed by atoms with Gasteiger partial charge in [0.15, 0.2) is 18.1 Å². The number of rotatable bonds is 8. The number of carbonyl (C=O) groups excluding carboxylic acids is 1. The zero-order valence-electron chi connectivity index (χ0n) is 14.5. The first kappa shape index (κ1) is 18.9. The molecule has 1 N–H and O–H groups in total. The Labute approximate surface area is 152 Å². The number of benzene rings is 2. The highest BCUT2D eigenvalue weighted by Crippen LogP contribution is 2.28. The fraction of sp³-hybridized carbons (Fsp3) is 0.316. The largest absolute Gasteiger partial charge is 0.493 e. The monoisotopic (exact) mass is 363 g/mol. The Kier molecular flexibility index (Phi) is 6.95. The molecule has 0 fully saturated rings. The zero-order valence-corrected chi connectivity index (χ0v) is 15.3. The topological polar surface area (TPSA) is 56.8 Å². The van der Waals surface area contributed by atoms with Crippen molar-refractivity contribution in [3.63, 3.8) is 0 Å². The molecule has 134 valence electrons. The average molecular weight is 364 g/mol. The first-order chi connectivity index (χ1) is 12.0. The Hall–Kier alpha value is -2.40. The highest BCUT2D eigenvalue weighted by atomic mass is 35.5. The number of methoxy groups -OCH3 is 1. The smallest absolute Gasteiger partial charge is 0.258 e. The molecule has 0 unspecified atom stereocenters. The second-order valence-corrected chi connectivity index (χ2v) is 6.11. The van der Waals surface area contributed by atoms with E-state index in [1.165, 1.54) is 0 Å². The van der Waals surface area contributed by atoms with Gasteiger partial charge in [-0.3, -0.25) is 4.79 Å². The molecule has 0 aliphatic carbocycles. The van der Waals surface area contributed by atoms with Crippen molar-refractivity contribution in [1.29, 1.82) is 0 Å². The molecule has 0 saturated carbocycles. The van der Waals surface area contributed by atoms with E-state index < -0.39 is 0 Å². The van der Waals surface area contributed by atoms with Crippen LogP contribution in [0.5, 0.6) is 17.2 Å². The van der Waals surface area contributed by atoms with Gasteiger partial charge in [-0.2, -0.15) is 0 Å². The molecular weight excluding hydrogens is 342 g/mol. The maximum absolute atomic E-state index is 11.9. The summed E-state index contributed by atoms with van der Waals surface area (Å²) in [6.07, 6.45) is 0.0597. The lowest BCUT2D eigenvalue weighted by molar-refractivity contribution is -0.123. The molecule has 0 aliphatic rings. The van der Waals surface area contributed by atoms with E-state index in [0.717, 1.165) is 5.56 Å². The van der Waals surface area contributed by atoms with Crippen molar-refractivity contribution in [2.75, 3.05) is 13.7 Å². The van der Waals surface area contributed by atoms with Crippen molar-refractivity contribution in [2.45, 2.75) is 26.5 Å². The molecular formula is C19H22ClNO4. The molecule has 0 aromatic heterocycles. The highest BCUT2D eigenvalue weighted by molar-refractivity contribution is 6.30. The van der Waals surface area contributed by atoms with Gasteiger partial charge in [-0.1, -0.05) is 17.7 Å². The Balaban J connectivity index is 1.85. The molecule has 0 atom stereocenters. The summed E-state index contributed by atoms with van der Waals surface area (Å²) in [5.74, 6) is 1.70. The van der Waals surface area contributed by atoms with Gasteiger partial charge in [0.25, 0.3) is 5.91 Å². The summed E-state index contributed by atoms with van der Waals surface area (Å²) in [7, 11) is 1.59. The van der Waals surface area contributed by atoms with Crippen LogP contribution in [-0.2, 0) is 11.3 Å². The van der Waals surface area contributed by atoms with Crippen molar-refractivity contribution >= 4 is 17.5 Å². The lowest BCUT2D eigenvalue weighted by Crippen LogP contribution is -2.28. The Morgan fingerprint density at radius 2 is 1.84 bits per heavy atom. The Morgan fingerprint density at radius 1 is 1.12 bits per heavy atom. The van der Waals surface area contributed by atoms with E-state index >= 15 is 0 Å². The van der Waals surface area contributed by atoms with Crippen molar-refractivity contribution in [3.05, 3.63) is 53.1 Å². The van der Waals surface area contributed by atoms with Crippen LogP contribution >= 0.6 is 11.6 Å². The Morgan fingerprint density at radius 3 is 2.48 bits per heavy atom. The van der Waals surface area contributed by atoms with Crippen LogP contribution in [0.1, 0.15) is 19.4 Å². The molecule has 0 heterocycles. The summed E-state index contributed by atoms with van der Waals surface area (Å²) in [5.41, 5.74) is 0.910. The van der Waals surface area contributed by atoms with Gasteiger partial charge in [0, 0.05) is 11.6 Å². The normalized spacial score (nSPS) is 10.4. The lowest BCUT2D eigenvalue weighted by atomic mass is 10.2. The maximum atomic E-state index is 11.9. The molecule has 2 aromatic carbocycles. The number of amides is 1. The predicted molar refractivity (Wildman–Crippen MR) is 97.6 cm³/mol. The number of halogens is 1. The third-order valence-electron chi connectivity index (χ3n) is 3.26. The van der Waals surface area contributed by atoms with E-state index in [1.54, 1.807) is 31.4 Å². The third-order valence-corrected chi connectivity index (χ3v) is 3.52. The van der Waals surface area contributed by atoms with E-state index in [0.29, 0.717) is 28.8 Å². The van der Waals surface area contributed by atoms with Crippen molar-refractivity contribution < 1.29 is 19.0 Å². The van der Waals surface area contributed by atoms with Crippen LogP contribution in [0.2, 0.25) is 5.02 Å². The average Bonchev–Trinajstić information content (AvgIpc) is 2.60. The summed E-state index contributed by atoms with van der Waals surface area (Å²) in [6, 6.07) is 12.4. The molecule has 6 heteroatoms. The number of carbonyl (C=O) groups is 1. The molecule has 2 aromatic rings. The molecule has 0 saturated heterocycles. The van der Waals surface area contributed by atoms with Crippen molar-refractivity contribution in [2.24, 2.45) is 0 Å². The highest BCUT2D eigenvalue weighted by Gasteiger charge is 2.09. The van der Waals surface area contributed by atoms with Crippen LogP contribution < -0.4 is 19.5 Å². The SMILES string of the molecule is COc1cc(CNC(=O)COc2ccc(Cl)cc2)ccc1OC(C)C. The van der Waals surface area contributed by atoms with E-state index in [4.69, 9.17) is 25.8 Å². The molecule has 1 amide bonds. The van der Waals surface area contributed by atoms with Gasteiger partial charge < -0.3 is 19.5 Å². The van der Waals surface area contributed by atoms with Gasteiger partial charge in [-0.05, 0) is 55.8 Å². The van der Waals surface area contributed by atoms with Crippen molar-refractivity contribution in [3.8, 4) is 17.2 Å². The second kappa shape index (κ2) is 9.18. The maximum Gasteiger partial charge on any atom is 0.258 e. The Bertz CT molecular complexity index is 701. The van der Waals surface area contributed by atoms with E-state index in [2.05, 4.69) is 5.32 Å². The summed E-state index contributed by atoms with van der Waals surface area (Å²) >= 11 is 5.80. The molecule has 2 rings (SSSR count). The van der Waals surface area contributed by atoms with Crippen LogP contribution in [0.3, 0.4) is 0 Å². The minimum atomic E-state index is -0.212. The van der Waals surface area contributed by atoms with E-state index in [-0.39, 0.29) is 18.6 Å². The molecule has 0 radical (unpaired) electrons. The fourth-order valence-corrected chi connectivity index (χ4v) is 2.23. The van der Waals surface area contributed by atoms with Gasteiger partial charge in [0.05, 0.1) is 13.2 Å². The molecule has 5 nitrogen and oxygen atoms in total. The molecule has 0 bridgehead atoms. The molecule has 25 heavy (non-hydrogen) atoms. The van der Waals surface area contributed by atoms with Gasteiger partial charge >= 0.3 is 0 Å². The van der Waals surface area contributed by atoms with Crippen LogP contribution in [0.15, 0.2) is 42.5 Å². The van der Waals surface area contributed by atoms with Crippen LogP contribution in [0.25, 0.3) is 0 Å². The summed E-state index contributed by atoms with van der Waals surface area (Å²) < 4.78 is 16.4. The van der Waals surface area contributed by atoms with Gasteiger partial charge in [0.2, 0.25) is 0 Å². The summed E-state index contributed by atoms with van der Waals surface area (Å²) in [4.78, 5) is 11.9. The number of nitrogens with one attached hydrogen (secondary N) is 1. The third kappa shape index (κ3) is 6.19. The standard InChI is InChI=1S/C19H22ClNO4/c1-13(2)25-17-9-4-14(10-18(17)23-3)11-21-19(22)12-24-16-7-5-15(20)6-8-16/h4-10,13H,11-12H2,1-3H3,(H,21,22). The molecule has 0 spiro atoms. The minimum Gasteiger partial charge on any atom is -0.493 e. The van der Waals surface area contributed by atoms with E-state index in [1.807, 2.05) is 32.0 Å². The zero-order chi connectivity index (χ0) is 18.2. The minimum absolute atomic E-state index is 0.0597. The number of ether oxygens (including phenoxy) is 3. The van der Waals surface area contributed by atoms with Crippen LogP contribution in [0, 0.1) is 0 Å². The first-order valence-corrected chi connectivity index (χ1v) is 8.34.